The van der Waals surface area contributed by atoms with E-state index in [0.717, 1.165) is 62.0 Å². The predicted molar refractivity (Wildman–Crippen MR) is 104 cm³/mol. The van der Waals surface area contributed by atoms with Crippen LogP contribution in [0.25, 0.3) is 0 Å². The van der Waals surface area contributed by atoms with Crippen molar-refractivity contribution < 1.29 is 9.47 Å². The van der Waals surface area contributed by atoms with Crippen molar-refractivity contribution in [2.75, 3.05) is 33.9 Å². The van der Waals surface area contributed by atoms with Gasteiger partial charge in [0.25, 0.3) is 0 Å². The molecule has 0 fully saturated rings. The molecule has 7 heteroatoms. The number of methoxy groups -OCH3 is 2. The van der Waals surface area contributed by atoms with Crippen molar-refractivity contribution in [3.05, 3.63) is 42.2 Å². The molecule has 7 nitrogen and oxygen atoms in total. The van der Waals surface area contributed by atoms with E-state index in [9.17, 15) is 0 Å². The fourth-order valence-corrected chi connectivity index (χ4v) is 2.59. The normalized spacial score (nSPS) is 11.3. The third kappa shape index (κ3) is 6.31. The number of nitrogens with one attached hydrogen (secondary N) is 2. The van der Waals surface area contributed by atoms with Crippen LogP contribution in [0, 0.1) is 0 Å². The molecule has 0 radical (unpaired) electrons. The molecule has 2 rings (SSSR count). The molecule has 0 aliphatic heterocycles. The van der Waals surface area contributed by atoms with Crippen molar-refractivity contribution >= 4 is 5.96 Å². The summed E-state index contributed by atoms with van der Waals surface area (Å²) in [4.78, 5) is 4.62. The van der Waals surface area contributed by atoms with Crippen LogP contribution in [0.15, 0.2) is 41.7 Å². The highest BCUT2D eigenvalue weighted by Crippen LogP contribution is 2.24. The molecule has 0 aliphatic carbocycles. The maximum atomic E-state index is 5.43. The second-order valence-corrected chi connectivity index (χ2v) is 5.74. The van der Waals surface area contributed by atoms with E-state index < -0.39 is 0 Å². The number of hydrogen-bond acceptors (Lipinski definition) is 4. The Morgan fingerprint density at radius 1 is 1.23 bits per heavy atom. The lowest BCUT2D eigenvalue weighted by atomic mass is 10.1. The number of rotatable bonds is 10. The van der Waals surface area contributed by atoms with E-state index in [0.29, 0.717) is 0 Å². The zero-order chi connectivity index (χ0) is 18.6. The molecule has 1 heterocycles. The Labute approximate surface area is 155 Å². The van der Waals surface area contributed by atoms with E-state index in [1.54, 1.807) is 20.4 Å². The fraction of sp³-hybridized carbons (Fsp3) is 0.474. The topological polar surface area (TPSA) is 72.7 Å². The van der Waals surface area contributed by atoms with Gasteiger partial charge in [-0.25, -0.2) is 0 Å². The van der Waals surface area contributed by atoms with E-state index in [1.165, 1.54) is 0 Å². The average molecular weight is 359 g/mol. The van der Waals surface area contributed by atoms with E-state index in [2.05, 4.69) is 27.6 Å². The van der Waals surface area contributed by atoms with Gasteiger partial charge in [0, 0.05) is 38.6 Å². The molecule has 0 unspecified atom stereocenters. The molecule has 0 saturated heterocycles. The molecule has 0 atom stereocenters. The van der Waals surface area contributed by atoms with Gasteiger partial charge >= 0.3 is 0 Å². The second kappa shape index (κ2) is 11.0. The molecule has 0 bridgehead atoms. The number of benzene rings is 1. The third-order valence-corrected chi connectivity index (χ3v) is 3.89. The zero-order valence-electron chi connectivity index (χ0n) is 15.9. The number of aliphatic imine (C=N–C) groups is 1. The third-order valence-electron chi connectivity index (χ3n) is 3.89. The summed E-state index contributed by atoms with van der Waals surface area (Å²) >= 11 is 0. The molecule has 1 aromatic heterocycles. The lowest BCUT2D eigenvalue weighted by Crippen LogP contribution is -2.38. The van der Waals surface area contributed by atoms with Crippen LogP contribution in [0.2, 0.25) is 0 Å². The van der Waals surface area contributed by atoms with Crippen LogP contribution in [-0.2, 0) is 13.0 Å². The maximum absolute atomic E-state index is 5.43. The second-order valence-electron chi connectivity index (χ2n) is 5.74. The summed E-state index contributed by atoms with van der Waals surface area (Å²) < 4.78 is 12.6. The summed E-state index contributed by atoms with van der Waals surface area (Å²) in [7, 11) is 3.35. The predicted octanol–water partition coefficient (Wildman–Crippen LogP) is 2.09. The first-order valence-electron chi connectivity index (χ1n) is 8.97. The highest BCUT2D eigenvalue weighted by atomic mass is 16.5. The molecular formula is C19H29N5O2. The fourth-order valence-electron chi connectivity index (χ4n) is 2.59. The Morgan fingerprint density at radius 2 is 2.12 bits per heavy atom. The van der Waals surface area contributed by atoms with Gasteiger partial charge in [0.1, 0.15) is 11.5 Å². The van der Waals surface area contributed by atoms with Crippen LogP contribution >= 0.6 is 0 Å². The quantitative estimate of drug-likeness (QED) is 0.386. The maximum Gasteiger partial charge on any atom is 0.191 e. The molecule has 2 N–H and O–H groups in total. The van der Waals surface area contributed by atoms with Crippen molar-refractivity contribution in [1.29, 1.82) is 0 Å². The van der Waals surface area contributed by atoms with Crippen molar-refractivity contribution in [2.24, 2.45) is 4.99 Å². The molecule has 0 saturated carbocycles. The first-order chi connectivity index (χ1) is 12.8. The van der Waals surface area contributed by atoms with Gasteiger partial charge in [-0.2, -0.15) is 5.10 Å². The van der Waals surface area contributed by atoms with Gasteiger partial charge in [-0.15, -0.1) is 0 Å². The molecular weight excluding hydrogens is 330 g/mol. The number of aryl methyl sites for hydroxylation is 1. The monoisotopic (exact) mass is 359 g/mol. The van der Waals surface area contributed by atoms with Crippen molar-refractivity contribution in [2.45, 2.75) is 26.3 Å². The van der Waals surface area contributed by atoms with Crippen LogP contribution in [0.3, 0.4) is 0 Å². The Hall–Kier alpha value is -2.70. The number of ether oxygens (including phenoxy) is 2. The number of nitrogens with zero attached hydrogens (tertiary/aromatic N) is 3. The van der Waals surface area contributed by atoms with Crippen LogP contribution in [-0.4, -0.2) is 49.6 Å². The molecule has 26 heavy (non-hydrogen) atoms. The molecule has 142 valence electrons. The number of hydrogen-bond donors (Lipinski definition) is 2. The van der Waals surface area contributed by atoms with Crippen LogP contribution in [0.1, 0.15) is 18.9 Å². The molecule has 2 aromatic rings. The summed E-state index contributed by atoms with van der Waals surface area (Å²) in [6.07, 6.45) is 5.52. The Kier molecular flexibility index (Phi) is 8.32. The van der Waals surface area contributed by atoms with Gasteiger partial charge in [-0.05, 0) is 49.6 Å². The highest BCUT2D eigenvalue weighted by molar-refractivity contribution is 5.79. The van der Waals surface area contributed by atoms with Crippen molar-refractivity contribution in [3.63, 3.8) is 0 Å². The first kappa shape index (κ1) is 19.6. The Balaban J connectivity index is 1.82. The SMILES string of the molecule is CCNC(=NCCCn1cccn1)NCCc1cc(OC)ccc1OC. The van der Waals surface area contributed by atoms with E-state index in [4.69, 9.17) is 9.47 Å². The minimum Gasteiger partial charge on any atom is -0.497 e. The average Bonchev–Trinajstić information content (AvgIpc) is 3.18. The zero-order valence-corrected chi connectivity index (χ0v) is 15.9. The molecule has 0 spiro atoms. The largest absolute Gasteiger partial charge is 0.497 e. The highest BCUT2D eigenvalue weighted by Gasteiger charge is 2.05. The summed E-state index contributed by atoms with van der Waals surface area (Å²) in [5, 5.41) is 10.8. The van der Waals surface area contributed by atoms with Gasteiger partial charge in [0.2, 0.25) is 0 Å². The first-order valence-corrected chi connectivity index (χ1v) is 8.97. The van der Waals surface area contributed by atoms with Crippen LogP contribution < -0.4 is 20.1 Å². The minimum absolute atomic E-state index is 0.748. The summed E-state index contributed by atoms with van der Waals surface area (Å²) in [6, 6.07) is 7.78. The van der Waals surface area contributed by atoms with Crippen molar-refractivity contribution in [3.8, 4) is 11.5 Å². The van der Waals surface area contributed by atoms with Gasteiger partial charge in [-0.1, -0.05) is 0 Å². The molecule has 0 amide bonds. The van der Waals surface area contributed by atoms with Crippen LogP contribution in [0.5, 0.6) is 11.5 Å². The van der Waals surface area contributed by atoms with Gasteiger partial charge in [0.15, 0.2) is 5.96 Å². The summed E-state index contributed by atoms with van der Waals surface area (Å²) in [5.41, 5.74) is 1.11. The molecule has 0 aliphatic rings. The number of guanidine groups is 1. The van der Waals surface area contributed by atoms with E-state index in [-0.39, 0.29) is 0 Å². The van der Waals surface area contributed by atoms with Gasteiger partial charge < -0.3 is 20.1 Å². The smallest absolute Gasteiger partial charge is 0.191 e. The Bertz CT molecular complexity index is 671. The number of aromatic nitrogens is 2. The summed E-state index contributed by atoms with van der Waals surface area (Å²) in [5.74, 6) is 2.53. The molecule has 1 aromatic carbocycles. The van der Waals surface area contributed by atoms with E-state index >= 15 is 0 Å². The Morgan fingerprint density at radius 3 is 2.81 bits per heavy atom. The lowest BCUT2D eigenvalue weighted by Gasteiger charge is -2.13. The van der Waals surface area contributed by atoms with Gasteiger partial charge in [0.05, 0.1) is 14.2 Å². The van der Waals surface area contributed by atoms with Gasteiger partial charge in [-0.3, -0.25) is 9.67 Å². The van der Waals surface area contributed by atoms with E-state index in [1.807, 2.05) is 35.1 Å². The summed E-state index contributed by atoms with van der Waals surface area (Å²) in [6.45, 7) is 5.27. The van der Waals surface area contributed by atoms with Crippen LogP contribution in [0.4, 0.5) is 0 Å². The van der Waals surface area contributed by atoms with Crippen molar-refractivity contribution in [1.82, 2.24) is 20.4 Å². The minimum atomic E-state index is 0.748. The standard InChI is InChI=1S/C19H29N5O2/c1-4-20-19(21-10-5-13-24-14-6-11-23-24)22-12-9-16-15-17(25-2)7-8-18(16)26-3/h6-8,11,14-15H,4-5,9-10,12-13H2,1-3H3,(H2,20,21,22). The lowest BCUT2D eigenvalue weighted by molar-refractivity contribution is 0.398.